The van der Waals surface area contributed by atoms with Crippen molar-refractivity contribution in [2.24, 2.45) is 5.73 Å². The van der Waals surface area contributed by atoms with Gasteiger partial charge in [-0.25, -0.2) is 0 Å². The molecule has 1 aromatic rings. The molecule has 2 N–H and O–H groups in total. The number of benzene rings is 1. The normalized spacial score (nSPS) is 13.8. The Hall–Kier alpha value is -0.680. The predicted molar refractivity (Wildman–Crippen MR) is 60.6 cm³/mol. The summed E-state index contributed by atoms with van der Waals surface area (Å²) in [5, 5.41) is -1.42. The number of thioether (sulfide) groups is 1. The molecule has 5 heteroatoms. The van der Waals surface area contributed by atoms with Gasteiger partial charge in [0.25, 0.3) is 0 Å². The molecule has 1 unspecified atom stereocenters. The van der Waals surface area contributed by atoms with Crippen LogP contribution in [0.3, 0.4) is 0 Å². The Morgan fingerprint density at radius 1 is 1.38 bits per heavy atom. The van der Waals surface area contributed by atoms with Crippen molar-refractivity contribution >= 4 is 11.8 Å². The van der Waals surface area contributed by atoms with Gasteiger partial charge in [0.15, 0.2) is 0 Å². The van der Waals surface area contributed by atoms with E-state index in [1.807, 2.05) is 13.0 Å². The van der Waals surface area contributed by atoms with Gasteiger partial charge in [0.2, 0.25) is 0 Å². The van der Waals surface area contributed by atoms with E-state index in [1.54, 1.807) is 18.2 Å². The van der Waals surface area contributed by atoms with E-state index in [9.17, 15) is 13.2 Å². The molecule has 0 radical (unpaired) electrons. The van der Waals surface area contributed by atoms with Crippen LogP contribution in [0.5, 0.6) is 0 Å². The first-order chi connectivity index (χ1) is 7.43. The second-order valence-corrected chi connectivity index (χ2v) is 4.82. The Morgan fingerprint density at radius 3 is 2.56 bits per heavy atom. The Morgan fingerprint density at radius 2 is 2.06 bits per heavy atom. The third-order valence-corrected chi connectivity index (χ3v) is 3.38. The molecule has 0 aliphatic rings. The highest BCUT2D eigenvalue weighted by atomic mass is 32.2. The molecule has 0 heterocycles. The average Bonchev–Trinajstić information content (AvgIpc) is 2.16. The summed E-state index contributed by atoms with van der Waals surface area (Å²) < 4.78 is 37.9. The number of aryl methyl sites for hydroxylation is 1. The first-order valence-electron chi connectivity index (χ1n) is 4.93. The quantitative estimate of drug-likeness (QED) is 0.828. The van der Waals surface area contributed by atoms with Gasteiger partial charge in [-0.3, -0.25) is 0 Å². The average molecular weight is 249 g/mol. The zero-order valence-electron chi connectivity index (χ0n) is 8.92. The molecule has 90 valence electrons. The van der Waals surface area contributed by atoms with Crippen molar-refractivity contribution in [1.82, 2.24) is 0 Å². The van der Waals surface area contributed by atoms with Crippen LogP contribution in [0, 0.1) is 6.92 Å². The molecule has 16 heavy (non-hydrogen) atoms. The molecular formula is C11H14F3NS. The van der Waals surface area contributed by atoms with Crippen LogP contribution in [-0.4, -0.2) is 18.0 Å². The molecule has 1 nitrogen and oxygen atoms in total. The Kier molecular flexibility index (Phi) is 4.68. The van der Waals surface area contributed by atoms with Gasteiger partial charge in [-0.05, 0) is 32.0 Å². The van der Waals surface area contributed by atoms with Gasteiger partial charge in [0.05, 0.1) is 0 Å². The van der Waals surface area contributed by atoms with Gasteiger partial charge in [-0.1, -0.05) is 17.7 Å². The number of hydrogen-bond donors (Lipinski definition) is 1. The lowest BCUT2D eigenvalue weighted by molar-refractivity contribution is -0.129. The van der Waals surface area contributed by atoms with Crippen molar-refractivity contribution in [3.8, 4) is 0 Å². The molecule has 0 amide bonds. The number of hydrogen-bond acceptors (Lipinski definition) is 2. The minimum atomic E-state index is -4.20. The SMILES string of the molecule is Cc1cccc(SC(CCN)C(F)(F)F)c1. The Bertz CT molecular complexity index is 338. The second kappa shape index (κ2) is 5.59. The summed E-state index contributed by atoms with van der Waals surface area (Å²) in [6, 6.07) is 7.05. The highest BCUT2D eigenvalue weighted by Gasteiger charge is 2.39. The number of alkyl halides is 3. The molecule has 0 bridgehead atoms. The van der Waals surface area contributed by atoms with Crippen LogP contribution in [0.2, 0.25) is 0 Å². The van der Waals surface area contributed by atoms with Gasteiger partial charge in [-0.2, -0.15) is 13.2 Å². The van der Waals surface area contributed by atoms with E-state index in [4.69, 9.17) is 5.73 Å². The van der Waals surface area contributed by atoms with Gasteiger partial charge < -0.3 is 5.73 Å². The molecule has 0 aromatic heterocycles. The largest absolute Gasteiger partial charge is 0.400 e. The summed E-state index contributed by atoms with van der Waals surface area (Å²) in [5.74, 6) is 0. The van der Waals surface area contributed by atoms with Crippen molar-refractivity contribution in [3.05, 3.63) is 29.8 Å². The maximum Gasteiger partial charge on any atom is 0.400 e. The van der Waals surface area contributed by atoms with E-state index >= 15 is 0 Å². The van der Waals surface area contributed by atoms with Gasteiger partial charge >= 0.3 is 6.18 Å². The molecule has 0 aliphatic carbocycles. The molecule has 0 fully saturated rings. The third-order valence-electron chi connectivity index (χ3n) is 2.06. The van der Waals surface area contributed by atoms with Crippen LogP contribution < -0.4 is 5.73 Å². The van der Waals surface area contributed by atoms with Gasteiger partial charge in [-0.15, -0.1) is 11.8 Å². The van der Waals surface area contributed by atoms with E-state index in [1.165, 1.54) is 0 Å². The minimum Gasteiger partial charge on any atom is -0.330 e. The van der Waals surface area contributed by atoms with Crippen molar-refractivity contribution < 1.29 is 13.2 Å². The molecule has 1 aromatic carbocycles. The molecule has 0 spiro atoms. The van der Waals surface area contributed by atoms with Crippen molar-refractivity contribution in [2.75, 3.05) is 6.54 Å². The number of halogens is 3. The summed E-state index contributed by atoms with van der Waals surface area (Å²) >= 11 is 0.829. The Balaban J connectivity index is 2.76. The monoisotopic (exact) mass is 249 g/mol. The van der Waals surface area contributed by atoms with E-state index in [2.05, 4.69) is 0 Å². The fourth-order valence-corrected chi connectivity index (χ4v) is 2.42. The number of rotatable bonds is 4. The van der Waals surface area contributed by atoms with Crippen molar-refractivity contribution in [3.63, 3.8) is 0 Å². The maximum atomic E-state index is 12.6. The fraction of sp³-hybridized carbons (Fsp3) is 0.455. The predicted octanol–water partition coefficient (Wildman–Crippen LogP) is 3.37. The highest BCUT2D eigenvalue weighted by Crippen LogP contribution is 2.37. The molecule has 0 saturated heterocycles. The van der Waals surface area contributed by atoms with E-state index in [0.717, 1.165) is 17.3 Å². The first kappa shape index (κ1) is 13.4. The summed E-state index contributed by atoms with van der Waals surface area (Å²) in [6.07, 6.45) is -4.25. The molecule has 1 rings (SSSR count). The lowest BCUT2D eigenvalue weighted by atomic mass is 10.2. The lowest BCUT2D eigenvalue weighted by Gasteiger charge is -2.19. The molecule has 1 atom stereocenters. The topological polar surface area (TPSA) is 26.0 Å². The lowest BCUT2D eigenvalue weighted by Crippen LogP contribution is -2.28. The van der Waals surface area contributed by atoms with Crippen LogP contribution in [0.1, 0.15) is 12.0 Å². The zero-order valence-corrected chi connectivity index (χ0v) is 9.74. The van der Waals surface area contributed by atoms with Crippen LogP contribution in [0.25, 0.3) is 0 Å². The summed E-state index contributed by atoms with van der Waals surface area (Å²) in [5.41, 5.74) is 6.15. The zero-order chi connectivity index (χ0) is 12.2. The minimum absolute atomic E-state index is 0.0446. The van der Waals surface area contributed by atoms with E-state index in [-0.39, 0.29) is 13.0 Å². The van der Waals surface area contributed by atoms with Crippen LogP contribution in [0.15, 0.2) is 29.2 Å². The van der Waals surface area contributed by atoms with Crippen LogP contribution in [-0.2, 0) is 0 Å². The smallest absolute Gasteiger partial charge is 0.330 e. The standard InChI is InChI=1S/C11H14F3NS/c1-8-3-2-4-9(7-8)16-10(5-6-15)11(12,13)14/h2-4,7,10H,5-6,15H2,1H3. The van der Waals surface area contributed by atoms with E-state index < -0.39 is 11.4 Å². The first-order valence-corrected chi connectivity index (χ1v) is 5.81. The van der Waals surface area contributed by atoms with Crippen molar-refractivity contribution in [2.45, 2.75) is 29.7 Å². The fourth-order valence-electron chi connectivity index (χ4n) is 1.29. The second-order valence-electron chi connectivity index (χ2n) is 3.54. The van der Waals surface area contributed by atoms with E-state index in [0.29, 0.717) is 4.90 Å². The highest BCUT2D eigenvalue weighted by molar-refractivity contribution is 8.00. The third kappa shape index (κ3) is 4.06. The summed E-state index contributed by atoms with van der Waals surface area (Å²) in [6.45, 7) is 1.90. The van der Waals surface area contributed by atoms with Gasteiger partial charge in [0.1, 0.15) is 5.25 Å². The van der Waals surface area contributed by atoms with Crippen LogP contribution in [0.4, 0.5) is 13.2 Å². The number of nitrogens with two attached hydrogens (primary N) is 1. The van der Waals surface area contributed by atoms with Gasteiger partial charge in [0, 0.05) is 4.90 Å². The summed E-state index contributed by atoms with van der Waals surface area (Å²) in [4.78, 5) is 0.635. The molecule has 0 aliphatic heterocycles. The van der Waals surface area contributed by atoms with Crippen molar-refractivity contribution in [1.29, 1.82) is 0 Å². The Labute approximate surface area is 97.2 Å². The van der Waals surface area contributed by atoms with Crippen LogP contribution >= 0.6 is 11.8 Å². The molecular weight excluding hydrogens is 235 g/mol. The summed E-state index contributed by atoms with van der Waals surface area (Å²) in [7, 11) is 0. The molecule has 0 saturated carbocycles. The maximum absolute atomic E-state index is 12.6.